The molecule has 0 atom stereocenters. The first-order valence-electron chi connectivity index (χ1n) is 7.86. The van der Waals surface area contributed by atoms with E-state index >= 15 is 0 Å². The molecule has 5 nitrogen and oxygen atoms in total. The number of aromatic nitrogens is 4. The molecule has 3 aromatic rings. The summed E-state index contributed by atoms with van der Waals surface area (Å²) >= 11 is 0. The number of benzene rings is 1. The first kappa shape index (κ1) is 14.3. The van der Waals surface area contributed by atoms with Crippen LogP contribution in [0, 0.1) is 5.82 Å². The van der Waals surface area contributed by atoms with Gasteiger partial charge in [-0.3, -0.25) is 5.10 Å². The highest BCUT2D eigenvalue weighted by Crippen LogP contribution is 2.48. The van der Waals surface area contributed by atoms with E-state index in [0.29, 0.717) is 17.9 Å². The topological polar surface area (TPSA) is 80.5 Å². The molecule has 2 heterocycles. The fourth-order valence-corrected chi connectivity index (χ4v) is 3.18. The van der Waals surface area contributed by atoms with Crippen LogP contribution in [0.3, 0.4) is 0 Å². The van der Waals surface area contributed by atoms with Crippen LogP contribution in [0.2, 0.25) is 0 Å². The van der Waals surface area contributed by atoms with E-state index in [2.05, 4.69) is 20.2 Å². The summed E-state index contributed by atoms with van der Waals surface area (Å²) in [5, 5.41) is 8.06. The second-order valence-corrected chi connectivity index (χ2v) is 6.19. The SMILES string of the molecule is CCc1[nH]nc2ncnc(-c3cc(F)cc(C4(CN)CC4)c3)c12. The van der Waals surface area contributed by atoms with E-state index < -0.39 is 0 Å². The smallest absolute Gasteiger partial charge is 0.184 e. The van der Waals surface area contributed by atoms with Crippen molar-refractivity contribution in [1.29, 1.82) is 0 Å². The molecule has 23 heavy (non-hydrogen) atoms. The molecule has 3 N–H and O–H groups in total. The lowest BCUT2D eigenvalue weighted by molar-refractivity contribution is 0.617. The van der Waals surface area contributed by atoms with Crippen LogP contribution in [-0.4, -0.2) is 26.7 Å². The lowest BCUT2D eigenvalue weighted by Crippen LogP contribution is -2.19. The highest BCUT2D eigenvalue weighted by molar-refractivity contribution is 5.92. The van der Waals surface area contributed by atoms with E-state index in [1.54, 1.807) is 6.07 Å². The number of H-pyrrole nitrogens is 1. The standard InChI is InChI=1S/C17H18FN5/c1-2-13-14-15(20-9-21-16(14)23-22-13)10-5-11(7-12(18)6-10)17(8-19)3-4-17/h5-7,9H,2-4,8,19H2,1H3,(H,20,21,22,23). The van der Waals surface area contributed by atoms with Crippen LogP contribution < -0.4 is 5.73 Å². The first-order valence-corrected chi connectivity index (χ1v) is 7.86. The lowest BCUT2D eigenvalue weighted by atomic mass is 9.93. The molecule has 0 bridgehead atoms. The van der Waals surface area contributed by atoms with Crippen molar-refractivity contribution in [3.63, 3.8) is 0 Å². The van der Waals surface area contributed by atoms with Crippen LogP contribution in [-0.2, 0) is 11.8 Å². The van der Waals surface area contributed by atoms with Crippen LogP contribution in [0.15, 0.2) is 24.5 Å². The van der Waals surface area contributed by atoms with Gasteiger partial charge in [-0.1, -0.05) is 6.92 Å². The summed E-state index contributed by atoms with van der Waals surface area (Å²) in [7, 11) is 0. The summed E-state index contributed by atoms with van der Waals surface area (Å²) in [5.41, 5.74) is 9.83. The minimum absolute atomic E-state index is 0.0625. The predicted molar refractivity (Wildman–Crippen MR) is 86.4 cm³/mol. The molecule has 0 unspecified atom stereocenters. The van der Waals surface area contributed by atoms with Crippen LogP contribution >= 0.6 is 0 Å². The Bertz CT molecular complexity index is 882. The number of hydrogen-bond donors (Lipinski definition) is 2. The summed E-state index contributed by atoms with van der Waals surface area (Å²) in [5.74, 6) is -0.259. The maximum absolute atomic E-state index is 14.2. The van der Waals surface area contributed by atoms with Gasteiger partial charge in [-0.05, 0) is 43.0 Å². The number of nitrogens with zero attached hydrogens (tertiary/aromatic N) is 3. The van der Waals surface area contributed by atoms with Gasteiger partial charge in [-0.2, -0.15) is 5.10 Å². The van der Waals surface area contributed by atoms with E-state index in [0.717, 1.165) is 41.5 Å². The summed E-state index contributed by atoms with van der Waals surface area (Å²) in [6.45, 7) is 2.58. The molecule has 1 fully saturated rings. The van der Waals surface area contributed by atoms with Crippen LogP contribution in [0.5, 0.6) is 0 Å². The Morgan fingerprint density at radius 1 is 1.26 bits per heavy atom. The minimum Gasteiger partial charge on any atom is -0.330 e. The second kappa shape index (κ2) is 5.09. The zero-order valence-electron chi connectivity index (χ0n) is 12.9. The van der Waals surface area contributed by atoms with Crippen molar-refractivity contribution in [2.75, 3.05) is 6.54 Å². The van der Waals surface area contributed by atoms with Gasteiger partial charge in [0.05, 0.1) is 11.1 Å². The normalized spacial score (nSPS) is 16.0. The Balaban J connectivity index is 1.93. The molecule has 1 aliphatic carbocycles. The van der Waals surface area contributed by atoms with E-state index in [-0.39, 0.29) is 11.2 Å². The molecule has 0 amide bonds. The molecule has 2 aromatic heterocycles. The molecule has 0 radical (unpaired) electrons. The number of nitrogens with one attached hydrogen (secondary N) is 1. The van der Waals surface area contributed by atoms with Crippen molar-refractivity contribution in [3.05, 3.63) is 41.6 Å². The molecule has 1 saturated carbocycles. The minimum atomic E-state index is -0.259. The largest absolute Gasteiger partial charge is 0.330 e. The average molecular weight is 311 g/mol. The van der Waals surface area contributed by atoms with E-state index in [1.807, 2.05) is 13.0 Å². The van der Waals surface area contributed by atoms with E-state index in [9.17, 15) is 4.39 Å². The molecular weight excluding hydrogens is 293 g/mol. The van der Waals surface area contributed by atoms with Crippen molar-refractivity contribution >= 4 is 11.0 Å². The number of aryl methyl sites for hydroxylation is 1. The molecule has 6 heteroatoms. The van der Waals surface area contributed by atoms with Gasteiger partial charge in [0.1, 0.15) is 12.1 Å². The Morgan fingerprint density at radius 2 is 2.09 bits per heavy atom. The first-order chi connectivity index (χ1) is 11.2. The van der Waals surface area contributed by atoms with E-state index in [4.69, 9.17) is 5.73 Å². The summed E-state index contributed by atoms with van der Waals surface area (Å²) in [6.07, 6.45) is 4.28. The van der Waals surface area contributed by atoms with Gasteiger partial charge < -0.3 is 5.73 Å². The van der Waals surface area contributed by atoms with Crippen molar-refractivity contribution in [2.24, 2.45) is 5.73 Å². The third-order valence-electron chi connectivity index (χ3n) is 4.81. The maximum atomic E-state index is 14.2. The molecular formula is C17H18FN5. The Morgan fingerprint density at radius 3 is 2.78 bits per heavy atom. The molecule has 0 aliphatic heterocycles. The third-order valence-corrected chi connectivity index (χ3v) is 4.81. The number of halogens is 1. The number of hydrogen-bond acceptors (Lipinski definition) is 4. The van der Waals surface area contributed by atoms with Gasteiger partial charge in [0.2, 0.25) is 0 Å². The molecule has 1 aromatic carbocycles. The van der Waals surface area contributed by atoms with Gasteiger partial charge in [-0.25, -0.2) is 14.4 Å². The molecule has 118 valence electrons. The predicted octanol–water partition coefficient (Wildman–Crippen LogP) is 2.71. The highest BCUT2D eigenvalue weighted by Gasteiger charge is 2.43. The quantitative estimate of drug-likeness (QED) is 0.776. The van der Waals surface area contributed by atoms with Crippen LogP contribution in [0.25, 0.3) is 22.3 Å². The van der Waals surface area contributed by atoms with Crippen molar-refractivity contribution < 1.29 is 4.39 Å². The van der Waals surface area contributed by atoms with Crippen molar-refractivity contribution in [3.8, 4) is 11.3 Å². The summed E-state index contributed by atoms with van der Waals surface area (Å²) in [6, 6.07) is 5.12. The number of nitrogens with two attached hydrogens (primary N) is 1. The monoisotopic (exact) mass is 311 g/mol. The van der Waals surface area contributed by atoms with Crippen molar-refractivity contribution in [1.82, 2.24) is 20.2 Å². The second-order valence-electron chi connectivity index (χ2n) is 6.19. The Kier molecular flexibility index (Phi) is 3.16. The third kappa shape index (κ3) is 2.21. The van der Waals surface area contributed by atoms with Gasteiger partial charge in [0.15, 0.2) is 5.65 Å². The van der Waals surface area contributed by atoms with Gasteiger partial charge >= 0.3 is 0 Å². The average Bonchev–Trinajstić information content (AvgIpc) is 3.26. The van der Waals surface area contributed by atoms with Crippen LogP contribution in [0.4, 0.5) is 4.39 Å². The summed E-state index contributed by atoms with van der Waals surface area (Å²) in [4.78, 5) is 8.59. The zero-order valence-corrected chi connectivity index (χ0v) is 12.9. The van der Waals surface area contributed by atoms with Gasteiger partial charge in [0.25, 0.3) is 0 Å². The maximum Gasteiger partial charge on any atom is 0.184 e. The fourth-order valence-electron chi connectivity index (χ4n) is 3.18. The van der Waals surface area contributed by atoms with Crippen molar-refractivity contribution in [2.45, 2.75) is 31.6 Å². The lowest BCUT2D eigenvalue weighted by Gasteiger charge is -2.15. The zero-order chi connectivity index (χ0) is 16.0. The van der Waals surface area contributed by atoms with Crippen LogP contribution in [0.1, 0.15) is 31.0 Å². The molecule has 1 aliphatic rings. The molecule has 4 rings (SSSR count). The highest BCUT2D eigenvalue weighted by atomic mass is 19.1. The van der Waals surface area contributed by atoms with Gasteiger partial charge in [0, 0.05) is 23.2 Å². The molecule has 0 saturated heterocycles. The van der Waals surface area contributed by atoms with Gasteiger partial charge in [-0.15, -0.1) is 0 Å². The number of aromatic amines is 1. The fraction of sp³-hybridized carbons (Fsp3) is 0.353. The Hall–Kier alpha value is -2.34. The number of fused-ring (bicyclic) bond motifs is 1. The molecule has 0 spiro atoms. The van der Waals surface area contributed by atoms with E-state index in [1.165, 1.54) is 12.4 Å². The summed E-state index contributed by atoms with van der Waals surface area (Å²) < 4.78 is 14.2. The Labute approximate surface area is 133 Å². The number of rotatable bonds is 4.